The molecule has 0 saturated heterocycles. The van der Waals surface area contributed by atoms with Crippen molar-refractivity contribution < 1.29 is 0 Å². The van der Waals surface area contributed by atoms with E-state index in [4.69, 9.17) is 15.0 Å². The number of benzene rings is 5. The third kappa shape index (κ3) is 5.84. The Bertz CT molecular complexity index is 2290. The van der Waals surface area contributed by atoms with Gasteiger partial charge in [-0.1, -0.05) is 128 Å². The van der Waals surface area contributed by atoms with Gasteiger partial charge < -0.3 is 0 Å². The smallest absolute Gasteiger partial charge is 0.166 e. The summed E-state index contributed by atoms with van der Waals surface area (Å²) < 4.78 is 0. The van der Waals surface area contributed by atoms with Gasteiger partial charge in [0.1, 0.15) is 24.3 Å². The Morgan fingerprint density at radius 3 is 1.38 bits per heavy atom. The van der Waals surface area contributed by atoms with Crippen LogP contribution in [-0.4, -0.2) is 23.0 Å². The van der Waals surface area contributed by atoms with E-state index in [2.05, 4.69) is 68.2 Å². The van der Waals surface area contributed by atoms with Gasteiger partial charge in [-0.3, -0.25) is 0 Å². The summed E-state index contributed by atoms with van der Waals surface area (Å²) in [4.78, 5) is 14.3. The van der Waals surface area contributed by atoms with Gasteiger partial charge in [-0.25, -0.2) is 15.0 Å². The summed E-state index contributed by atoms with van der Waals surface area (Å²) in [7, 11) is -1.50. The van der Waals surface area contributed by atoms with Crippen LogP contribution in [0.1, 0.15) is 22.3 Å². The van der Waals surface area contributed by atoms with Crippen LogP contribution in [0.4, 0.5) is 0 Å². The second-order valence-corrected chi connectivity index (χ2v) is 17.2. The van der Waals surface area contributed by atoms with E-state index >= 15 is 0 Å². The quantitative estimate of drug-likeness (QED) is 0.169. The number of hydrogen-bond acceptors (Lipinski definition) is 7. The van der Waals surface area contributed by atoms with Crippen molar-refractivity contribution >= 4 is 13.3 Å². The molecule has 7 nitrogen and oxygen atoms in total. The SMILES string of the molecule is C[Si](C)(C)c1ccc(-c2cccc(-c3c(C#N)c(C#N)c(C#N)c(-c4nc(-c5ccccc5)nc(-c5ccccc5)n4)c3C#N)c2)cc1. The van der Waals surface area contributed by atoms with Crippen LogP contribution in [0.5, 0.6) is 0 Å². The molecular formula is C40H27N7Si. The largest absolute Gasteiger partial charge is 0.208 e. The predicted molar refractivity (Wildman–Crippen MR) is 189 cm³/mol. The molecule has 1 heterocycles. The fourth-order valence-corrected chi connectivity index (χ4v) is 6.81. The highest BCUT2D eigenvalue weighted by Gasteiger charge is 2.29. The lowest BCUT2D eigenvalue weighted by Crippen LogP contribution is -2.37. The zero-order valence-corrected chi connectivity index (χ0v) is 27.5. The summed E-state index contributed by atoms with van der Waals surface area (Å²) in [5.41, 5.74) is 3.83. The van der Waals surface area contributed by atoms with E-state index < -0.39 is 8.07 Å². The molecule has 0 bridgehead atoms. The minimum Gasteiger partial charge on any atom is -0.208 e. The van der Waals surface area contributed by atoms with Crippen molar-refractivity contribution in [3.8, 4) is 80.7 Å². The van der Waals surface area contributed by atoms with E-state index in [9.17, 15) is 21.0 Å². The summed E-state index contributed by atoms with van der Waals surface area (Å²) in [6, 6.07) is 43.2. The fourth-order valence-electron chi connectivity index (χ4n) is 5.65. The molecule has 0 atom stereocenters. The van der Waals surface area contributed by atoms with E-state index in [0.29, 0.717) is 28.3 Å². The lowest BCUT2D eigenvalue weighted by atomic mass is 9.84. The number of nitriles is 4. The van der Waals surface area contributed by atoms with E-state index in [1.165, 1.54) is 5.19 Å². The van der Waals surface area contributed by atoms with Crippen LogP contribution < -0.4 is 5.19 Å². The summed E-state index contributed by atoms with van der Waals surface area (Å²) in [6.07, 6.45) is 0. The number of rotatable bonds is 6. The molecule has 5 aromatic carbocycles. The molecule has 8 heteroatoms. The van der Waals surface area contributed by atoms with Crippen LogP contribution in [-0.2, 0) is 0 Å². The Kier molecular flexibility index (Phi) is 8.44. The Labute approximate surface area is 280 Å². The maximum atomic E-state index is 10.8. The van der Waals surface area contributed by atoms with Crippen molar-refractivity contribution in [3.63, 3.8) is 0 Å². The first-order valence-electron chi connectivity index (χ1n) is 15.2. The second-order valence-electron chi connectivity index (χ2n) is 12.1. The fraction of sp³-hybridized carbons (Fsp3) is 0.0750. The molecule has 0 amide bonds. The molecule has 0 radical (unpaired) electrons. The van der Waals surface area contributed by atoms with Gasteiger partial charge in [-0.05, 0) is 22.8 Å². The van der Waals surface area contributed by atoms with Gasteiger partial charge in [0, 0.05) is 16.7 Å². The molecule has 0 fully saturated rings. The predicted octanol–water partition coefficient (Wildman–Crippen LogP) is 8.24. The normalized spacial score (nSPS) is 10.7. The molecular weight excluding hydrogens is 607 g/mol. The van der Waals surface area contributed by atoms with Crippen molar-refractivity contribution in [3.05, 3.63) is 131 Å². The summed E-state index contributed by atoms with van der Waals surface area (Å²) in [5, 5.41) is 43.3. The Morgan fingerprint density at radius 1 is 0.417 bits per heavy atom. The topological polar surface area (TPSA) is 134 Å². The lowest BCUT2D eigenvalue weighted by molar-refractivity contribution is 1.07. The molecule has 0 N–H and O–H groups in total. The van der Waals surface area contributed by atoms with Crippen molar-refractivity contribution in [1.82, 2.24) is 15.0 Å². The Balaban J connectivity index is 1.65. The molecule has 6 aromatic rings. The standard InChI is InChI=1S/C40H27N7Si/c1-48(2,3)31-19-17-26(18-20-31)29-15-10-16-30(21-29)36-33(23-42)32(22-41)34(24-43)37(35(36)25-44)40-46-38(27-11-6-4-7-12-27)45-39(47-40)28-13-8-5-9-14-28/h4-21H,1-3H3. The lowest BCUT2D eigenvalue weighted by Gasteiger charge is -2.18. The summed E-state index contributed by atoms with van der Waals surface area (Å²) in [6.45, 7) is 6.88. The Morgan fingerprint density at radius 2 is 0.875 bits per heavy atom. The van der Waals surface area contributed by atoms with Gasteiger partial charge >= 0.3 is 0 Å². The van der Waals surface area contributed by atoms with Crippen molar-refractivity contribution in [2.24, 2.45) is 0 Å². The van der Waals surface area contributed by atoms with Crippen molar-refractivity contribution in [1.29, 1.82) is 21.0 Å². The van der Waals surface area contributed by atoms with Crippen LogP contribution in [0.2, 0.25) is 19.6 Å². The minimum atomic E-state index is -1.50. The van der Waals surface area contributed by atoms with Gasteiger partial charge in [0.25, 0.3) is 0 Å². The van der Waals surface area contributed by atoms with Crippen molar-refractivity contribution in [2.45, 2.75) is 19.6 Å². The highest BCUT2D eigenvalue weighted by Crippen LogP contribution is 2.40. The van der Waals surface area contributed by atoms with Gasteiger partial charge in [0.05, 0.1) is 35.9 Å². The van der Waals surface area contributed by atoms with Gasteiger partial charge in [-0.15, -0.1) is 0 Å². The van der Waals surface area contributed by atoms with Crippen LogP contribution in [0.25, 0.3) is 56.4 Å². The zero-order chi connectivity index (χ0) is 33.8. The van der Waals surface area contributed by atoms with E-state index in [-0.39, 0.29) is 39.2 Å². The molecule has 0 saturated carbocycles. The van der Waals surface area contributed by atoms with Crippen molar-refractivity contribution in [2.75, 3.05) is 0 Å². The number of nitrogens with zero attached hydrogens (tertiary/aromatic N) is 7. The molecule has 0 aliphatic heterocycles. The first-order chi connectivity index (χ1) is 23.3. The molecule has 48 heavy (non-hydrogen) atoms. The highest BCUT2D eigenvalue weighted by atomic mass is 28.3. The average molecular weight is 634 g/mol. The molecule has 0 aliphatic rings. The number of hydrogen-bond donors (Lipinski definition) is 0. The maximum Gasteiger partial charge on any atom is 0.166 e. The molecule has 1 aromatic heterocycles. The molecule has 0 unspecified atom stereocenters. The average Bonchev–Trinajstić information content (AvgIpc) is 3.13. The minimum absolute atomic E-state index is 0.0255. The van der Waals surface area contributed by atoms with Crippen LogP contribution in [0.15, 0.2) is 109 Å². The van der Waals surface area contributed by atoms with E-state index in [0.717, 1.165) is 11.1 Å². The van der Waals surface area contributed by atoms with Gasteiger partial charge in [-0.2, -0.15) is 21.0 Å². The number of aromatic nitrogens is 3. The maximum absolute atomic E-state index is 10.8. The molecule has 0 aliphatic carbocycles. The van der Waals surface area contributed by atoms with E-state index in [1.807, 2.05) is 78.9 Å². The summed E-state index contributed by atoms with van der Waals surface area (Å²) >= 11 is 0. The van der Waals surface area contributed by atoms with Crippen LogP contribution in [0.3, 0.4) is 0 Å². The molecule has 226 valence electrons. The molecule has 0 spiro atoms. The molecule has 6 rings (SSSR count). The first kappa shape index (κ1) is 31.3. The third-order valence-corrected chi connectivity index (χ3v) is 10.2. The van der Waals surface area contributed by atoms with Crippen LogP contribution in [0, 0.1) is 45.3 Å². The summed E-state index contributed by atoms with van der Waals surface area (Å²) in [5.74, 6) is 0.719. The second kappa shape index (κ2) is 13.0. The van der Waals surface area contributed by atoms with Gasteiger partial charge in [0.2, 0.25) is 0 Å². The van der Waals surface area contributed by atoms with Crippen LogP contribution >= 0.6 is 0 Å². The zero-order valence-electron chi connectivity index (χ0n) is 26.5. The Hall–Kier alpha value is -6.71. The van der Waals surface area contributed by atoms with E-state index in [1.54, 1.807) is 6.07 Å². The highest BCUT2D eigenvalue weighted by molar-refractivity contribution is 6.88. The third-order valence-electron chi connectivity index (χ3n) is 8.11. The van der Waals surface area contributed by atoms with Gasteiger partial charge in [0.15, 0.2) is 17.5 Å². The monoisotopic (exact) mass is 633 g/mol. The first-order valence-corrected chi connectivity index (χ1v) is 18.7.